The number of fused-ring (bicyclic) bond motifs is 1. The standard InChI is InChI=1S/C21H24N4O2/c1-14-9-19(27-24-14)20(26)23-17-10-21(2,3)11-18-16(17)12-22-25(18)13-15-7-5-4-6-8-15/h4-9,12,17H,10-11,13H2,1-3H3,(H,23,26)/t17-/m1/s1. The summed E-state index contributed by atoms with van der Waals surface area (Å²) in [5, 5.41) is 11.5. The van der Waals surface area contributed by atoms with Crippen molar-refractivity contribution in [3.8, 4) is 0 Å². The smallest absolute Gasteiger partial charge is 0.290 e. The molecule has 4 rings (SSSR count). The van der Waals surface area contributed by atoms with E-state index in [0.29, 0.717) is 5.69 Å². The zero-order valence-electron chi connectivity index (χ0n) is 15.9. The number of benzene rings is 1. The van der Waals surface area contributed by atoms with Gasteiger partial charge in [-0.15, -0.1) is 0 Å². The average Bonchev–Trinajstić information content (AvgIpc) is 3.22. The van der Waals surface area contributed by atoms with E-state index in [0.717, 1.165) is 24.9 Å². The lowest BCUT2D eigenvalue weighted by molar-refractivity contribution is 0.0881. The lowest BCUT2D eigenvalue weighted by Gasteiger charge is -2.35. The predicted molar refractivity (Wildman–Crippen MR) is 101 cm³/mol. The number of hydrogen-bond acceptors (Lipinski definition) is 4. The number of aromatic nitrogens is 3. The van der Waals surface area contributed by atoms with Crippen LogP contribution in [-0.4, -0.2) is 20.8 Å². The van der Waals surface area contributed by atoms with Gasteiger partial charge in [-0.2, -0.15) is 5.10 Å². The van der Waals surface area contributed by atoms with Gasteiger partial charge >= 0.3 is 0 Å². The predicted octanol–water partition coefficient (Wildman–Crippen LogP) is 3.67. The van der Waals surface area contributed by atoms with Gasteiger partial charge in [-0.05, 0) is 30.7 Å². The Balaban J connectivity index is 1.61. The maximum atomic E-state index is 12.6. The summed E-state index contributed by atoms with van der Waals surface area (Å²) in [5.41, 5.74) is 4.26. The lowest BCUT2D eigenvalue weighted by Crippen LogP contribution is -2.36. The van der Waals surface area contributed by atoms with Gasteiger partial charge in [0.05, 0.1) is 24.5 Å². The van der Waals surface area contributed by atoms with Crippen molar-refractivity contribution < 1.29 is 9.32 Å². The maximum Gasteiger partial charge on any atom is 0.290 e. The molecule has 0 saturated heterocycles. The van der Waals surface area contributed by atoms with Crippen molar-refractivity contribution in [2.24, 2.45) is 5.41 Å². The second-order valence-corrected chi connectivity index (χ2v) is 8.09. The number of carbonyl (C=O) groups excluding carboxylic acids is 1. The van der Waals surface area contributed by atoms with Crippen LogP contribution in [0.15, 0.2) is 47.1 Å². The van der Waals surface area contributed by atoms with Crippen molar-refractivity contribution in [3.63, 3.8) is 0 Å². The van der Waals surface area contributed by atoms with Crippen LogP contribution in [0, 0.1) is 12.3 Å². The quantitative estimate of drug-likeness (QED) is 0.767. The molecule has 27 heavy (non-hydrogen) atoms. The van der Waals surface area contributed by atoms with E-state index >= 15 is 0 Å². The molecule has 0 unspecified atom stereocenters. The van der Waals surface area contributed by atoms with Crippen molar-refractivity contribution in [1.82, 2.24) is 20.3 Å². The molecule has 6 heteroatoms. The molecule has 1 aliphatic rings. The zero-order valence-corrected chi connectivity index (χ0v) is 15.9. The van der Waals surface area contributed by atoms with Crippen LogP contribution in [0.4, 0.5) is 0 Å². The third kappa shape index (κ3) is 3.65. The highest BCUT2D eigenvalue weighted by Gasteiger charge is 2.36. The van der Waals surface area contributed by atoms with Crippen LogP contribution < -0.4 is 5.32 Å². The SMILES string of the molecule is Cc1cc(C(=O)N[C@@H]2CC(C)(C)Cc3c2cnn3Cc2ccccc2)on1. The van der Waals surface area contributed by atoms with Gasteiger partial charge in [0.1, 0.15) is 0 Å². The molecular formula is C21H24N4O2. The van der Waals surface area contributed by atoms with Gasteiger partial charge in [-0.1, -0.05) is 49.3 Å². The van der Waals surface area contributed by atoms with Gasteiger partial charge < -0.3 is 9.84 Å². The van der Waals surface area contributed by atoms with Gasteiger partial charge in [0, 0.05) is 17.3 Å². The van der Waals surface area contributed by atoms with Gasteiger partial charge in [0.15, 0.2) is 0 Å². The highest BCUT2D eigenvalue weighted by atomic mass is 16.5. The highest BCUT2D eigenvalue weighted by Crippen LogP contribution is 2.41. The molecule has 0 saturated carbocycles. The molecule has 1 aromatic carbocycles. The molecule has 3 aromatic rings. The minimum Gasteiger partial charge on any atom is -0.351 e. The molecule has 0 spiro atoms. The molecule has 0 aliphatic heterocycles. The Bertz CT molecular complexity index is 956. The summed E-state index contributed by atoms with van der Waals surface area (Å²) in [6.07, 6.45) is 3.68. The number of hydrogen-bond donors (Lipinski definition) is 1. The molecule has 6 nitrogen and oxygen atoms in total. The van der Waals surface area contributed by atoms with Gasteiger partial charge in [-0.3, -0.25) is 9.48 Å². The van der Waals surface area contributed by atoms with Crippen LogP contribution in [0.25, 0.3) is 0 Å². The van der Waals surface area contributed by atoms with E-state index in [9.17, 15) is 4.79 Å². The number of carbonyl (C=O) groups is 1. The Labute approximate surface area is 158 Å². The monoisotopic (exact) mass is 364 g/mol. The van der Waals surface area contributed by atoms with E-state index in [2.05, 4.69) is 46.2 Å². The molecule has 1 atom stereocenters. The third-order valence-electron chi connectivity index (χ3n) is 5.09. The Kier molecular flexibility index (Phi) is 4.34. The molecular weight excluding hydrogens is 340 g/mol. The minimum atomic E-state index is -0.236. The van der Waals surface area contributed by atoms with Crippen LogP contribution in [0.1, 0.15) is 59.4 Å². The van der Waals surface area contributed by atoms with E-state index in [1.165, 1.54) is 11.3 Å². The largest absolute Gasteiger partial charge is 0.351 e. The Morgan fingerprint density at radius 1 is 1.33 bits per heavy atom. The van der Waals surface area contributed by atoms with Crippen LogP contribution in [-0.2, 0) is 13.0 Å². The van der Waals surface area contributed by atoms with Crippen LogP contribution in [0.2, 0.25) is 0 Å². The molecule has 0 bridgehead atoms. The molecule has 0 radical (unpaired) electrons. The van der Waals surface area contributed by atoms with E-state index in [4.69, 9.17) is 4.52 Å². The third-order valence-corrected chi connectivity index (χ3v) is 5.09. The Morgan fingerprint density at radius 3 is 2.81 bits per heavy atom. The summed E-state index contributed by atoms with van der Waals surface area (Å²) < 4.78 is 7.17. The van der Waals surface area contributed by atoms with Crippen molar-refractivity contribution in [1.29, 1.82) is 0 Å². The number of nitrogens with zero attached hydrogens (tertiary/aromatic N) is 3. The van der Waals surface area contributed by atoms with Crippen molar-refractivity contribution in [2.45, 2.75) is 46.2 Å². The highest BCUT2D eigenvalue weighted by molar-refractivity contribution is 5.91. The van der Waals surface area contributed by atoms with E-state index in [1.54, 1.807) is 13.0 Å². The first-order valence-electron chi connectivity index (χ1n) is 9.24. The summed E-state index contributed by atoms with van der Waals surface area (Å²) in [6, 6.07) is 11.9. The summed E-state index contributed by atoms with van der Waals surface area (Å²) in [6.45, 7) is 6.99. The molecule has 1 amide bonds. The van der Waals surface area contributed by atoms with E-state index in [-0.39, 0.29) is 23.1 Å². The zero-order chi connectivity index (χ0) is 19.0. The van der Waals surface area contributed by atoms with E-state index in [1.807, 2.05) is 24.4 Å². The van der Waals surface area contributed by atoms with Crippen molar-refractivity contribution >= 4 is 5.91 Å². The maximum absolute atomic E-state index is 12.6. The topological polar surface area (TPSA) is 73.0 Å². The van der Waals surface area contributed by atoms with Gasteiger partial charge in [0.2, 0.25) is 5.76 Å². The van der Waals surface area contributed by atoms with Crippen molar-refractivity contribution in [2.75, 3.05) is 0 Å². The second kappa shape index (κ2) is 6.68. The molecule has 2 aromatic heterocycles. The summed E-state index contributed by atoms with van der Waals surface area (Å²) in [4.78, 5) is 12.6. The first-order valence-corrected chi connectivity index (χ1v) is 9.24. The molecule has 1 N–H and O–H groups in total. The summed E-state index contributed by atoms with van der Waals surface area (Å²) >= 11 is 0. The fourth-order valence-electron chi connectivity index (χ4n) is 3.82. The van der Waals surface area contributed by atoms with Gasteiger partial charge in [0.25, 0.3) is 5.91 Å². The fourth-order valence-corrected chi connectivity index (χ4v) is 3.82. The average molecular weight is 364 g/mol. The lowest BCUT2D eigenvalue weighted by atomic mass is 9.74. The first kappa shape index (κ1) is 17.5. The molecule has 140 valence electrons. The summed E-state index contributed by atoms with van der Waals surface area (Å²) in [7, 11) is 0. The van der Waals surface area contributed by atoms with Crippen LogP contribution in [0.3, 0.4) is 0 Å². The van der Waals surface area contributed by atoms with Crippen molar-refractivity contribution in [3.05, 3.63) is 70.9 Å². The number of rotatable bonds is 4. The first-order chi connectivity index (χ1) is 12.9. The number of nitrogens with one attached hydrogen (secondary N) is 1. The Hall–Kier alpha value is -2.89. The van der Waals surface area contributed by atoms with Crippen LogP contribution >= 0.6 is 0 Å². The normalized spacial score (nSPS) is 18.1. The minimum absolute atomic E-state index is 0.0662. The molecule has 0 fully saturated rings. The number of amides is 1. The van der Waals surface area contributed by atoms with Gasteiger partial charge in [-0.25, -0.2) is 0 Å². The molecule has 1 aliphatic carbocycles. The van der Waals surface area contributed by atoms with E-state index < -0.39 is 0 Å². The summed E-state index contributed by atoms with van der Waals surface area (Å²) in [5.74, 6) is 0.00849. The second-order valence-electron chi connectivity index (χ2n) is 8.09. The van der Waals surface area contributed by atoms with Crippen LogP contribution in [0.5, 0.6) is 0 Å². The Morgan fingerprint density at radius 2 is 2.11 bits per heavy atom. The fraction of sp³-hybridized carbons (Fsp3) is 0.381. The molecule has 2 heterocycles. The number of aryl methyl sites for hydroxylation is 1.